The van der Waals surface area contributed by atoms with Gasteiger partial charge in [0.15, 0.2) is 0 Å². The molecule has 0 fully saturated rings. The first-order valence-electron chi connectivity index (χ1n) is 6.87. The lowest BCUT2D eigenvalue weighted by molar-refractivity contribution is 0.407. The van der Waals surface area contributed by atoms with Gasteiger partial charge in [-0.25, -0.2) is 0 Å². The molecule has 1 heterocycles. The molecule has 0 spiro atoms. The summed E-state index contributed by atoms with van der Waals surface area (Å²) < 4.78 is 6.15. The smallest absolute Gasteiger partial charge is 0.134 e. The van der Waals surface area contributed by atoms with Crippen molar-refractivity contribution in [3.05, 3.63) is 46.2 Å². The SMILES string of the molecule is CC1=C2Oc3cc(C(C)C)ccc3C=C2CCC1. The second kappa shape index (κ2) is 4.31. The number of hydrogen-bond acceptors (Lipinski definition) is 1. The third-order valence-electron chi connectivity index (χ3n) is 3.92. The largest absolute Gasteiger partial charge is 0.457 e. The van der Waals surface area contributed by atoms with Crippen LogP contribution in [0.15, 0.2) is 35.1 Å². The molecule has 1 heteroatoms. The van der Waals surface area contributed by atoms with Crippen molar-refractivity contribution in [2.24, 2.45) is 0 Å². The highest BCUT2D eigenvalue weighted by Crippen LogP contribution is 2.39. The summed E-state index contributed by atoms with van der Waals surface area (Å²) in [6.07, 6.45) is 5.88. The highest BCUT2D eigenvalue weighted by Gasteiger charge is 2.22. The fourth-order valence-electron chi connectivity index (χ4n) is 2.75. The van der Waals surface area contributed by atoms with Crippen LogP contribution in [-0.4, -0.2) is 0 Å². The summed E-state index contributed by atoms with van der Waals surface area (Å²) >= 11 is 0. The zero-order chi connectivity index (χ0) is 12.7. The first kappa shape index (κ1) is 11.6. The van der Waals surface area contributed by atoms with Crippen LogP contribution < -0.4 is 4.74 Å². The Balaban J connectivity index is 2.08. The van der Waals surface area contributed by atoms with E-state index in [1.165, 1.54) is 35.1 Å². The van der Waals surface area contributed by atoms with E-state index in [1.807, 2.05) is 0 Å². The van der Waals surface area contributed by atoms with Crippen molar-refractivity contribution in [2.75, 3.05) is 0 Å². The van der Waals surface area contributed by atoms with E-state index in [1.54, 1.807) is 0 Å². The molecule has 0 bridgehead atoms. The summed E-state index contributed by atoms with van der Waals surface area (Å²) in [5.41, 5.74) is 5.35. The minimum absolute atomic E-state index is 0.547. The van der Waals surface area contributed by atoms with E-state index in [0.29, 0.717) is 5.92 Å². The lowest BCUT2D eigenvalue weighted by Crippen LogP contribution is -2.12. The molecule has 0 unspecified atom stereocenters. The minimum Gasteiger partial charge on any atom is -0.457 e. The molecular formula is C17H20O. The Labute approximate surface area is 109 Å². The maximum atomic E-state index is 6.15. The van der Waals surface area contributed by atoms with Crippen LogP contribution in [0.2, 0.25) is 0 Å². The van der Waals surface area contributed by atoms with E-state index >= 15 is 0 Å². The van der Waals surface area contributed by atoms with Gasteiger partial charge in [0.25, 0.3) is 0 Å². The van der Waals surface area contributed by atoms with Crippen molar-refractivity contribution in [3.8, 4) is 5.75 Å². The Morgan fingerprint density at radius 2 is 2.00 bits per heavy atom. The molecule has 0 aromatic heterocycles. The van der Waals surface area contributed by atoms with Gasteiger partial charge in [-0.2, -0.15) is 0 Å². The first-order chi connectivity index (χ1) is 8.65. The molecule has 1 aliphatic carbocycles. The number of ether oxygens (including phenoxy) is 1. The Kier molecular flexibility index (Phi) is 2.77. The summed E-state index contributed by atoms with van der Waals surface area (Å²) in [7, 11) is 0. The predicted molar refractivity (Wildman–Crippen MR) is 75.7 cm³/mol. The van der Waals surface area contributed by atoms with Gasteiger partial charge in [-0.05, 0) is 61.0 Å². The molecule has 0 saturated heterocycles. The maximum absolute atomic E-state index is 6.15. The second-order valence-electron chi connectivity index (χ2n) is 5.69. The first-order valence-corrected chi connectivity index (χ1v) is 6.87. The molecule has 94 valence electrons. The molecule has 1 nitrogen and oxygen atoms in total. The van der Waals surface area contributed by atoms with Crippen LogP contribution in [0.3, 0.4) is 0 Å². The number of fused-ring (bicyclic) bond motifs is 2. The highest BCUT2D eigenvalue weighted by atomic mass is 16.5. The molecule has 1 aromatic rings. The maximum Gasteiger partial charge on any atom is 0.134 e. The summed E-state index contributed by atoms with van der Waals surface area (Å²) in [5, 5.41) is 0. The van der Waals surface area contributed by atoms with Gasteiger partial charge in [0.05, 0.1) is 0 Å². The van der Waals surface area contributed by atoms with Crippen molar-refractivity contribution < 1.29 is 4.74 Å². The Bertz CT molecular complexity index is 547. The molecular weight excluding hydrogens is 220 g/mol. The molecule has 0 N–H and O–H groups in total. The van der Waals surface area contributed by atoms with Gasteiger partial charge in [-0.1, -0.05) is 26.0 Å². The summed E-state index contributed by atoms with van der Waals surface area (Å²) in [6, 6.07) is 6.61. The van der Waals surface area contributed by atoms with Crippen LogP contribution in [0.5, 0.6) is 5.75 Å². The van der Waals surface area contributed by atoms with Gasteiger partial charge in [-0.3, -0.25) is 0 Å². The van der Waals surface area contributed by atoms with Gasteiger partial charge in [0.2, 0.25) is 0 Å². The third kappa shape index (κ3) is 1.88. The van der Waals surface area contributed by atoms with Gasteiger partial charge in [-0.15, -0.1) is 0 Å². The average Bonchev–Trinajstić information content (AvgIpc) is 2.36. The van der Waals surface area contributed by atoms with Crippen LogP contribution >= 0.6 is 0 Å². The van der Waals surface area contributed by atoms with Crippen molar-refractivity contribution in [2.45, 2.75) is 46.0 Å². The van der Waals surface area contributed by atoms with Crippen LogP contribution in [0.1, 0.15) is 57.1 Å². The number of allylic oxidation sites excluding steroid dienone is 2. The van der Waals surface area contributed by atoms with Crippen LogP contribution in [0.4, 0.5) is 0 Å². The van der Waals surface area contributed by atoms with Gasteiger partial charge in [0, 0.05) is 5.56 Å². The summed E-state index contributed by atoms with van der Waals surface area (Å²) in [6.45, 7) is 6.63. The Morgan fingerprint density at radius 3 is 2.78 bits per heavy atom. The fourth-order valence-corrected chi connectivity index (χ4v) is 2.75. The van der Waals surface area contributed by atoms with E-state index in [2.05, 4.69) is 45.0 Å². The molecule has 3 rings (SSSR count). The van der Waals surface area contributed by atoms with Gasteiger partial charge < -0.3 is 4.74 Å². The highest BCUT2D eigenvalue weighted by molar-refractivity contribution is 5.68. The zero-order valence-electron chi connectivity index (χ0n) is 11.4. The monoisotopic (exact) mass is 240 g/mol. The lowest BCUT2D eigenvalue weighted by atomic mass is 9.90. The van der Waals surface area contributed by atoms with Crippen molar-refractivity contribution >= 4 is 6.08 Å². The van der Waals surface area contributed by atoms with Crippen LogP contribution in [0.25, 0.3) is 6.08 Å². The second-order valence-corrected chi connectivity index (χ2v) is 5.69. The third-order valence-corrected chi connectivity index (χ3v) is 3.92. The predicted octanol–water partition coefficient (Wildman–Crippen LogP) is 5.04. The van der Waals surface area contributed by atoms with Crippen molar-refractivity contribution in [1.29, 1.82) is 0 Å². The molecule has 0 atom stereocenters. The minimum atomic E-state index is 0.547. The topological polar surface area (TPSA) is 9.23 Å². The van der Waals surface area contributed by atoms with Crippen molar-refractivity contribution in [1.82, 2.24) is 0 Å². The van der Waals surface area contributed by atoms with Gasteiger partial charge in [0.1, 0.15) is 11.5 Å². The molecule has 1 aromatic carbocycles. The molecule has 0 amide bonds. The fraction of sp³-hybridized carbons (Fsp3) is 0.412. The average molecular weight is 240 g/mol. The Morgan fingerprint density at radius 1 is 1.17 bits per heavy atom. The summed E-state index contributed by atoms with van der Waals surface area (Å²) in [5.74, 6) is 2.71. The molecule has 18 heavy (non-hydrogen) atoms. The number of rotatable bonds is 1. The molecule has 1 aliphatic heterocycles. The number of benzene rings is 1. The quantitative estimate of drug-likeness (QED) is 0.668. The van der Waals surface area contributed by atoms with Crippen molar-refractivity contribution in [3.63, 3.8) is 0 Å². The lowest BCUT2D eigenvalue weighted by Gasteiger charge is -2.26. The van der Waals surface area contributed by atoms with E-state index < -0.39 is 0 Å². The number of hydrogen-bond donors (Lipinski definition) is 0. The van der Waals surface area contributed by atoms with E-state index in [0.717, 1.165) is 17.9 Å². The zero-order valence-corrected chi connectivity index (χ0v) is 11.4. The van der Waals surface area contributed by atoms with E-state index in [-0.39, 0.29) is 0 Å². The van der Waals surface area contributed by atoms with E-state index in [9.17, 15) is 0 Å². The van der Waals surface area contributed by atoms with Crippen LogP contribution in [0, 0.1) is 0 Å². The summed E-state index contributed by atoms with van der Waals surface area (Å²) in [4.78, 5) is 0. The molecule has 0 radical (unpaired) electrons. The van der Waals surface area contributed by atoms with E-state index in [4.69, 9.17) is 4.74 Å². The molecule has 0 saturated carbocycles. The standard InChI is InChI=1S/C17H20O/c1-11(2)13-7-8-14-9-15-6-4-5-12(3)17(15)18-16(14)10-13/h7-11H,4-6H2,1-3H3. The normalized spacial score (nSPS) is 18.1. The van der Waals surface area contributed by atoms with Crippen LogP contribution in [-0.2, 0) is 0 Å². The molecule has 2 aliphatic rings. The van der Waals surface area contributed by atoms with Gasteiger partial charge >= 0.3 is 0 Å². The Hall–Kier alpha value is -1.50.